The third-order valence-electron chi connectivity index (χ3n) is 5.39. The van der Waals surface area contributed by atoms with E-state index in [1.54, 1.807) is 6.08 Å². The number of carbonyl (C=O) groups is 3. The molecule has 0 aromatic carbocycles. The molecular formula is C20H25F6N5O4S. The van der Waals surface area contributed by atoms with Crippen LogP contribution in [0.15, 0.2) is 12.2 Å². The summed E-state index contributed by atoms with van der Waals surface area (Å²) in [6, 6.07) is -0.528. The van der Waals surface area contributed by atoms with Crippen LogP contribution in [0.25, 0.3) is 0 Å². The number of rotatable bonds is 7. The van der Waals surface area contributed by atoms with Crippen LogP contribution in [-0.4, -0.2) is 57.9 Å². The molecule has 2 atom stereocenters. The quantitative estimate of drug-likeness (QED) is 0.305. The summed E-state index contributed by atoms with van der Waals surface area (Å²) in [5, 5.41) is 20.6. The molecule has 2 heterocycles. The van der Waals surface area contributed by atoms with Gasteiger partial charge in [-0.15, -0.1) is 10.2 Å². The molecule has 3 rings (SSSR count). The average molecular weight is 546 g/mol. The first-order valence-electron chi connectivity index (χ1n) is 11.0. The molecule has 2 aliphatic rings. The van der Waals surface area contributed by atoms with Crippen molar-refractivity contribution in [1.29, 1.82) is 0 Å². The first-order chi connectivity index (χ1) is 16.8. The van der Waals surface area contributed by atoms with E-state index in [9.17, 15) is 35.9 Å². The highest BCUT2D eigenvalue weighted by Crippen LogP contribution is 2.33. The van der Waals surface area contributed by atoms with Gasteiger partial charge in [0, 0.05) is 12.1 Å². The summed E-state index contributed by atoms with van der Waals surface area (Å²) >= 11 is 0.264. The Hall–Kier alpha value is -2.75. The van der Waals surface area contributed by atoms with E-state index in [1.165, 1.54) is 6.08 Å². The Morgan fingerprint density at radius 1 is 1.08 bits per heavy atom. The minimum atomic E-state index is -5.08. The molecule has 1 saturated heterocycles. The average Bonchev–Trinajstić information content (AvgIpc) is 3.23. The predicted octanol–water partition coefficient (Wildman–Crippen LogP) is 3.50. The van der Waals surface area contributed by atoms with Crippen LogP contribution in [0.2, 0.25) is 0 Å². The molecule has 0 spiro atoms. The lowest BCUT2D eigenvalue weighted by molar-refractivity contribution is -0.192. The van der Waals surface area contributed by atoms with Crippen molar-refractivity contribution in [3.8, 4) is 0 Å². The van der Waals surface area contributed by atoms with Crippen molar-refractivity contribution in [2.45, 2.75) is 69.4 Å². The van der Waals surface area contributed by atoms with E-state index >= 15 is 0 Å². The second kappa shape index (κ2) is 13.0. The third-order valence-corrected chi connectivity index (χ3v) is 6.27. The number of hydrogen-bond acceptors (Lipinski definition) is 7. The van der Waals surface area contributed by atoms with Crippen molar-refractivity contribution in [1.82, 2.24) is 20.8 Å². The van der Waals surface area contributed by atoms with Crippen LogP contribution in [-0.2, 0) is 20.6 Å². The highest BCUT2D eigenvalue weighted by Gasteiger charge is 2.38. The van der Waals surface area contributed by atoms with E-state index in [1.807, 2.05) is 0 Å². The number of carboxylic acids is 1. The Morgan fingerprint density at radius 3 is 2.22 bits per heavy atom. The summed E-state index contributed by atoms with van der Waals surface area (Å²) in [6.45, 7) is 0.811. The molecule has 1 saturated carbocycles. The fraction of sp³-hybridized carbons (Fsp3) is 0.650. The molecule has 1 aromatic rings. The number of alkyl halides is 6. The smallest absolute Gasteiger partial charge is 0.475 e. The summed E-state index contributed by atoms with van der Waals surface area (Å²) in [6.07, 6.45) is 0.0738. The third kappa shape index (κ3) is 10.1. The molecule has 9 nitrogen and oxygen atoms in total. The molecular weight excluding hydrogens is 520 g/mol. The standard InChI is InChI=1S/C18H24F3N5O2S.C2HF3O2/c19-18(20,21)16-25-26-17(29-16)24-14(27)8-7-12(10-11-4-3-5-11)23-15(28)13-6-1-2-9-22-13;3-2(4,5)1(6)7/h7-8,11-13,22H,1-6,9-10H2,(H,23,28)(H,24,26,27);(H,6,7)/b8-7+;/t12-,13+;/m1./s1. The SMILES string of the molecule is O=C(/C=C/[C@H](CC1CCC1)NC(=O)[C@@H]1CCCCN1)Nc1nnc(C(F)(F)F)s1.O=C(O)C(F)(F)F. The van der Waals surface area contributed by atoms with Gasteiger partial charge in [-0.1, -0.05) is 43.1 Å². The van der Waals surface area contributed by atoms with Gasteiger partial charge in [-0.05, 0) is 31.7 Å². The van der Waals surface area contributed by atoms with Crippen LogP contribution in [0.3, 0.4) is 0 Å². The van der Waals surface area contributed by atoms with Crippen LogP contribution in [0.5, 0.6) is 0 Å². The molecule has 36 heavy (non-hydrogen) atoms. The van der Waals surface area contributed by atoms with Crippen molar-refractivity contribution >= 4 is 34.3 Å². The fourth-order valence-electron chi connectivity index (χ4n) is 3.37. The van der Waals surface area contributed by atoms with Crippen LogP contribution in [0.4, 0.5) is 31.5 Å². The first-order valence-corrected chi connectivity index (χ1v) is 11.8. The van der Waals surface area contributed by atoms with Gasteiger partial charge in [0.25, 0.3) is 0 Å². The summed E-state index contributed by atoms with van der Waals surface area (Å²) in [7, 11) is 0. The Labute approximate surface area is 205 Å². The van der Waals surface area contributed by atoms with Gasteiger partial charge in [0.2, 0.25) is 22.0 Å². The topological polar surface area (TPSA) is 133 Å². The zero-order chi connectivity index (χ0) is 26.9. The van der Waals surface area contributed by atoms with Crippen molar-refractivity contribution in [2.75, 3.05) is 11.9 Å². The molecule has 4 N–H and O–H groups in total. The van der Waals surface area contributed by atoms with E-state index < -0.39 is 29.2 Å². The maximum absolute atomic E-state index is 12.6. The molecule has 1 aromatic heterocycles. The van der Waals surface area contributed by atoms with Gasteiger partial charge in [0.05, 0.1) is 6.04 Å². The maximum atomic E-state index is 12.6. The highest BCUT2D eigenvalue weighted by atomic mass is 32.1. The number of amides is 2. The van der Waals surface area contributed by atoms with Gasteiger partial charge in [0.15, 0.2) is 0 Å². The lowest BCUT2D eigenvalue weighted by Crippen LogP contribution is -2.49. The van der Waals surface area contributed by atoms with Gasteiger partial charge in [-0.2, -0.15) is 26.3 Å². The molecule has 16 heteroatoms. The lowest BCUT2D eigenvalue weighted by atomic mass is 9.80. The fourth-order valence-corrected chi connectivity index (χ4v) is 3.98. The van der Waals surface area contributed by atoms with Gasteiger partial charge < -0.3 is 15.7 Å². The normalized spacial score (nSPS) is 19.6. The number of nitrogens with zero attached hydrogens (tertiary/aromatic N) is 2. The summed E-state index contributed by atoms with van der Waals surface area (Å²) in [5.41, 5.74) is 0. The molecule has 0 unspecified atom stereocenters. The van der Waals surface area contributed by atoms with Gasteiger partial charge >= 0.3 is 18.3 Å². The second-order valence-electron chi connectivity index (χ2n) is 8.21. The van der Waals surface area contributed by atoms with Gasteiger partial charge in [0.1, 0.15) is 0 Å². The van der Waals surface area contributed by atoms with Crippen LogP contribution in [0, 0.1) is 5.92 Å². The monoisotopic (exact) mass is 545 g/mol. The Kier molecular flexibility index (Phi) is 10.6. The zero-order valence-electron chi connectivity index (χ0n) is 18.8. The van der Waals surface area contributed by atoms with Crippen LogP contribution >= 0.6 is 11.3 Å². The zero-order valence-corrected chi connectivity index (χ0v) is 19.6. The van der Waals surface area contributed by atoms with E-state index in [0.717, 1.165) is 51.5 Å². The number of carboxylic acid groups (broad SMARTS) is 1. The second-order valence-corrected chi connectivity index (χ2v) is 9.19. The van der Waals surface area contributed by atoms with Gasteiger partial charge in [-0.25, -0.2) is 4.79 Å². The highest BCUT2D eigenvalue weighted by molar-refractivity contribution is 7.15. The predicted molar refractivity (Wildman–Crippen MR) is 116 cm³/mol. The lowest BCUT2D eigenvalue weighted by Gasteiger charge is -2.30. The summed E-state index contributed by atoms with van der Waals surface area (Å²) in [4.78, 5) is 33.5. The number of aromatic nitrogens is 2. The first kappa shape index (κ1) is 29.5. The minimum Gasteiger partial charge on any atom is -0.475 e. The van der Waals surface area contributed by atoms with E-state index in [2.05, 4.69) is 26.1 Å². The number of anilines is 1. The van der Waals surface area contributed by atoms with Crippen molar-refractivity contribution in [2.24, 2.45) is 5.92 Å². The molecule has 1 aliphatic heterocycles. The number of hydrogen-bond donors (Lipinski definition) is 4. The molecule has 0 radical (unpaired) electrons. The number of piperidine rings is 1. The Morgan fingerprint density at radius 2 is 1.75 bits per heavy atom. The van der Waals surface area contributed by atoms with Crippen molar-refractivity contribution in [3.05, 3.63) is 17.2 Å². The van der Waals surface area contributed by atoms with Crippen LogP contribution in [0.1, 0.15) is 50.0 Å². The number of carbonyl (C=O) groups excluding carboxylic acids is 2. The Bertz CT molecular complexity index is 926. The molecule has 0 bridgehead atoms. The molecule has 2 fully saturated rings. The number of aliphatic carboxylic acids is 1. The number of nitrogens with one attached hydrogen (secondary N) is 3. The van der Waals surface area contributed by atoms with Crippen LogP contribution < -0.4 is 16.0 Å². The summed E-state index contributed by atoms with van der Waals surface area (Å²) in [5.74, 6) is -2.95. The Balaban J connectivity index is 0.000000572. The summed E-state index contributed by atoms with van der Waals surface area (Å²) < 4.78 is 69.4. The van der Waals surface area contributed by atoms with Gasteiger partial charge in [-0.3, -0.25) is 14.9 Å². The molecule has 1 aliphatic carbocycles. The van der Waals surface area contributed by atoms with E-state index in [-0.39, 0.29) is 34.5 Å². The maximum Gasteiger partial charge on any atom is 0.490 e. The van der Waals surface area contributed by atoms with E-state index in [0.29, 0.717) is 5.92 Å². The van der Waals surface area contributed by atoms with Crippen molar-refractivity contribution in [3.63, 3.8) is 0 Å². The molecule has 2 amide bonds. The largest absolute Gasteiger partial charge is 0.490 e. The number of halogens is 6. The molecule has 202 valence electrons. The van der Waals surface area contributed by atoms with Crippen molar-refractivity contribution < 1.29 is 45.8 Å². The van der Waals surface area contributed by atoms with E-state index in [4.69, 9.17) is 9.90 Å². The minimum absolute atomic E-state index is 0.0852.